The number of anilines is 1. The summed E-state index contributed by atoms with van der Waals surface area (Å²) < 4.78 is 0. The zero-order valence-corrected chi connectivity index (χ0v) is 15.9. The van der Waals surface area contributed by atoms with Crippen molar-refractivity contribution in [2.45, 2.75) is 20.4 Å². The summed E-state index contributed by atoms with van der Waals surface area (Å²) in [5, 5.41) is 3.50. The van der Waals surface area contributed by atoms with Crippen LogP contribution in [0.4, 0.5) is 5.69 Å². The van der Waals surface area contributed by atoms with E-state index in [1.54, 1.807) is 39.1 Å². The van der Waals surface area contributed by atoms with E-state index in [-0.39, 0.29) is 5.91 Å². The maximum absolute atomic E-state index is 12.8. The molecule has 0 spiro atoms. The van der Waals surface area contributed by atoms with Crippen molar-refractivity contribution in [1.82, 2.24) is 4.90 Å². The molecule has 0 heterocycles. The van der Waals surface area contributed by atoms with E-state index in [1.807, 2.05) is 30.3 Å². The quantitative estimate of drug-likeness (QED) is 0.771. The Morgan fingerprint density at radius 2 is 1.72 bits per heavy atom. The monoisotopic (exact) mass is 378 g/mol. The Labute approximate surface area is 157 Å². The van der Waals surface area contributed by atoms with E-state index in [4.69, 9.17) is 23.2 Å². The van der Waals surface area contributed by atoms with Crippen LogP contribution in [0.1, 0.15) is 19.4 Å². The molecule has 1 N–H and O–H groups in total. The predicted octanol–water partition coefficient (Wildman–Crippen LogP) is 4.62. The summed E-state index contributed by atoms with van der Waals surface area (Å²) in [6, 6.07) is 14.4. The van der Waals surface area contributed by atoms with Crippen LogP contribution in [0, 0.1) is 5.41 Å². The number of carbonyl (C=O) groups is 2. The molecule has 2 aromatic carbocycles. The molecule has 2 aromatic rings. The van der Waals surface area contributed by atoms with E-state index >= 15 is 0 Å². The van der Waals surface area contributed by atoms with E-state index in [1.165, 1.54) is 4.90 Å². The number of hydrogen-bond acceptors (Lipinski definition) is 2. The maximum Gasteiger partial charge on any atom is 0.239 e. The van der Waals surface area contributed by atoms with Gasteiger partial charge < -0.3 is 10.2 Å². The van der Waals surface area contributed by atoms with Crippen molar-refractivity contribution in [3.63, 3.8) is 0 Å². The number of rotatable bonds is 5. The Kier molecular flexibility index (Phi) is 6.09. The highest BCUT2D eigenvalue weighted by atomic mass is 35.5. The van der Waals surface area contributed by atoms with Gasteiger partial charge >= 0.3 is 0 Å². The van der Waals surface area contributed by atoms with Crippen molar-refractivity contribution >= 4 is 40.7 Å². The van der Waals surface area contributed by atoms with Crippen LogP contribution in [0.15, 0.2) is 48.5 Å². The Morgan fingerprint density at radius 1 is 1.08 bits per heavy atom. The van der Waals surface area contributed by atoms with Crippen molar-refractivity contribution < 1.29 is 9.59 Å². The molecule has 0 saturated carbocycles. The molecule has 0 fully saturated rings. The second-order valence-electron chi connectivity index (χ2n) is 6.35. The van der Waals surface area contributed by atoms with Crippen LogP contribution in [0.3, 0.4) is 0 Å². The first-order chi connectivity index (χ1) is 11.7. The fourth-order valence-electron chi connectivity index (χ4n) is 2.38. The minimum atomic E-state index is -1.25. The van der Waals surface area contributed by atoms with E-state index in [9.17, 15) is 9.59 Å². The molecule has 0 atom stereocenters. The number of halogens is 2. The number of benzene rings is 2. The third-order valence-electron chi connectivity index (χ3n) is 3.89. The topological polar surface area (TPSA) is 49.4 Å². The van der Waals surface area contributed by atoms with Gasteiger partial charge in [-0.25, -0.2) is 0 Å². The number of nitrogens with zero attached hydrogens (tertiary/aromatic N) is 1. The lowest BCUT2D eigenvalue weighted by molar-refractivity contribution is -0.145. The summed E-state index contributed by atoms with van der Waals surface area (Å²) in [5.74, 6) is -0.728. The molecule has 0 aromatic heterocycles. The Bertz CT molecular complexity index is 776. The van der Waals surface area contributed by atoms with Gasteiger partial charge in [-0.15, -0.1) is 0 Å². The molecule has 0 bridgehead atoms. The van der Waals surface area contributed by atoms with Gasteiger partial charge in [-0.3, -0.25) is 9.59 Å². The van der Waals surface area contributed by atoms with Crippen molar-refractivity contribution in [3.8, 4) is 0 Å². The molecule has 25 heavy (non-hydrogen) atoms. The largest absolute Gasteiger partial charge is 0.341 e. The van der Waals surface area contributed by atoms with Gasteiger partial charge in [0.25, 0.3) is 0 Å². The molecule has 0 aliphatic carbocycles. The smallest absolute Gasteiger partial charge is 0.239 e. The first-order valence-corrected chi connectivity index (χ1v) is 8.53. The molecule has 0 aliphatic heterocycles. The number of hydrogen-bond donors (Lipinski definition) is 1. The second kappa shape index (κ2) is 7.89. The van der Waals surface area contributed by atoms with Crippen molar-refractivity contribution in [1.29, 1.82) is 0 Å². The molecule has 132 valence electrons. The number of nitrogens with one attached hydrogen (secondary N) is 1. The third kappa shape index (κ3) is 4.74. The highest BCUT2D eigenvalue weighted by Crippen LogP contribution is 2.28. The van der Waals surface area contributed by atoms with Crippen molar-refractivity contribution in [2.24, 2.45) is 5.41 Å². The van der Waals surface area contributed by atoms with Crippen LogP contribution in [0.25, 0.3) is 0 Å². The molecule has 0 unspecified atom stereocenters. The fraction of sp³-hybridized carbons (Fsp3) is 0.263. The van der Waals surface area contributed by atoms with Gasteiger partial charge in [0.05, 0.1) is 10.7 Å². The SMILES string of the molecule is CN(Cc1ccccc1)C(=O)C(C)(C)C(=O)Nc1cc(Cl)ccc1Cl. The summed E-state index contributed by atoms with van der Waals surface area (Å²) in [6.45, 7) is 3.60. The average molecular weight is 379 g/mol. The highest BCUT2D eigenvalue weighted by molar-refractivity contribution is 6.35. The minimum Gasteiger partial charge on any atom is -0.341 e. The average Bonchev–Trinajstić information content (AvgIpc) is 2.58. The number of carbonyl (C=O) groups excluding carboxylic acids is 2. The second-order valence-corrected chi connectivity index (χ2v) is 7.19. The van der Waals surface area contributed by atoms with Crippen LogP contribution in [0.2, 0.25) is 10.0 Å². The van der Waals surface area contributed by atoms with Gasteiger partial charge in [-0.1, -0.05) is 53.5 Å². The summed E-state index contributed by atoms with van der Waals surface area (Å²) in [4.78, 5) is 26.9. The minimum absolute atomic E-state index is 0.285. The lowest BCUT2D eigenvalue weighted by atomic mass is 9.90. The third-order valence-corrected chi connectivity index (χ3v) is 4.45. The summed E-state index contributed by atoms with van der Waals surface area (Å²) in [5.41, 5.74) is 0.119. The summed E-state index contributed by atoms with van der Waals surface area (Å²) in [6.07, 6.45) is 0. The van der Waals surface area contributed by atoms with E-state index in [2.05, 4.69) is 5.32 Å². The van der Waals surface area contributed by atoms with Gasteiger partial charge in [-0.05, 0) is 37.6 Å². The molecule has 0 aliphatic rings. The van der Waals surface area contributed by atoms with Crippen LogP contribution >= 0.6 is 23.2 Å². The Hall–Kier alpha value is -2.04. The van der Waals surface area contributed by atoms with Gasteiger partial charge in [0.15, 0.2) is 0 Å². The van der Waals surface area contributed by atoms with Crippen LogP contribution in [-0.4, -0.2) is 23.8 Å². The first kappa shape index (κ1) is 19.3. The molecule has 2 amide bonds. The van der Waals surface area contributed by atoms with Crippen molar-refractivity contribution in [3.05, 3.63) is 64.1 Å². The standard InChI is InChI=1S/C19H20Cl2N2O2/c1-19(2,17(24)22-16-11-14(20)9-10-15(16)21)18(25)23(3)12-13-7-5-4-6-8-13/h4-11H,12H2,1-3H3,(H,22,24). The first-order valence-electron chi connectivity index (χ1n) is 7.78. The van der Waals surface area contributed by atoms with Crippen LogP contribution < -0.4 is 5.32 Å². The van der Waals surface area contributed by atoms with Crippen LogP contribution in [0.5, 0.6) is 0 Å². The van der Waals surface area contributed by atoms with Gasteiger partial charge in [0.1, 0.15) is 5.41 Å². The lowest BCUT2D eigenvalue weighted by Gasteiger charge is -2.28. The fourth-order valence-corrected chi connectivity index (χ4v) is 2.71. The maximum atomic E-state index is 12.8. The molecule has 0 radical (unpaired) electrons. The normalized spacial score (nSPS) is 11.1. The Morgan fingerprint density at radius 3 is 2.36 bits per heavy atom. The molecule has 2 rings (SSSR count). The summed E-state index contributed by atoms with van der Waals surface area (Å²) >= 11 is 12.0. The van der Waals surface area contributed by atoms with E-state index < -0.39 is 11.3 Å². The van der Waals surface area contributed by atoms with Crippen molar-refractivity contribution in [2.75, 3.05) is 12.4 Å². The van der Waals surface area contributed by atoms with Gasteiger partial charge in [-0.2, -0.15) is 0 Å². The zero-order chi connectivity index (χ0) is 18.6. The van der Waals surface area contributed by atoms with E-state index in [0.29, 0.717) is 22.3 Å². The highest BCUT2D eigenvalue weighted by Gasteiger charge is 2.38. The Balaban J connectivity index is 2.11. The molecular weight excluding hydrogens is 359 g/mol. The molecular formula is C19H20Cl2N2O2. The van der Waals surface area contributed by atoms with Gasteiger partial charge in [0.2, 0.25) is 11.8 Å². The zero-order valence-electron chi connectivity index (χ0n) is 14.3. The van der Waals surface area contributed by atoms with Crippen LogP contribution in [-0.2, 0) is 16.1 Å². The predicted molar refractivity (Wildman–Crippen MR) is 102 cm³/mol. The molecule has 4 nitrogen and oxygen atoms in total. The number of amides is 2. The molecule has 0 saturated heterocycles. The lowest BCUT2D eigenvalue weighted by Crippen LogP contribution is -2.45. The van der Waals surface area contributed by atoms with Gasteiger partial charge in [0, 0.05) is 18.6 Å². The molecule has 6 heteroatoms. The summed E-state index contributed by atoms with van der Waals surface area (Å²) in [7, 11) is 1.68. The van der Waals surface area contributed by atoms with E-state index in [0.717, 1.165) is 5.56 Å².